The van der Waals surface area contributed by atoms with E-state index in [9.17, 15) is 0 Å². The van der Waals surface area contributed by atoms with E-state index in [1.54, 1.807) is 0 Å². The van der Waals surface area contributed by atoms with Crippen molar-refractivity contribution in [3.8, 4) is 0 Å². The number of hydrogen-bond acceptors (Lipinski definition) is 8. The molecular formula is C15H24N8. The SMILES string of the molecule is CCN1NC(N(C)C)=NC1/C=C/C1N=C2C(C)=NC=C(C)N2N1. The number of nitrogens with zero attached hydrogens (tertiary/aromatic N) is 6. The molecule has 0 amide bonds. The zero-order valence-electron chi connectivity index (χ0n) is 14.3. The molecule has 0 bridgehead atoms. The summed E-state index contributed by atoms with van der Waals surface area (Å²) in [5, 5.41) is 4.06. The van der Waals surface area contributed by atoms with Crippen molar-refractivity contribution in [1.82, 2.24) is 25.8 Å². The number of hydrogen-bond donors (Lipinski definition) is 2. The van der Waals surface area contributed by atoms with E-state index in [1.807, 2.05) is 50.1 Å². The molecule has 0 radical (unpaired) electrons. The van der Waals surface area contributed by atoms with Crippen LogP contribution < -0.4 is 10.9 Å². The fraction of sp³-hybridized carbons (Fsp3) is 0.533. The summed E-state index contributed by atoms with van der Waals surface area (Å²) in [7, 11) is 3.96. The number of likely N-dealkylation sites (N-methyl/N-ethyl adjacent to an activating group) is 1. The summed E-state index contributed by atoms with van der Waals surface area (Å²) in [4.78, 5) is 15.7. The van der Waals surface area contributed by atoms with E-state index in [0.717, 1.165) is 29.7 Å². The van der Waals surface area contributed by atoms with Crippen molar-refractivity contribution in [3.63, 3.8) is 0 Å². The van der Waals surface area contributed by atoms with Crippen molar-refractivity contribution < 1.29 is 0 Å². The smallest absolute Gasteiger partial charge is 0.210 e. The average molecular weight is 316 g/mol. The maximum atomic E-state index is 4.68. The predicted octanol–water partition coefficient (Wildman–Crippen LogP) is 0.507. The van der Waals surface area contributed by atoms with Gasteiger partial charge in [0.2, 0.25) is 5.96 Å². The Bertz CT molecular complexity index is 627. The molecule has 0 aromatic rings. The zero-order valence-corrected chi connectivity index (χ0v) is 14.3. The average Bonchev–Trinajstić information content (AvgIpc) is 3.13. The van der Waals surface area contributed by atoms with Crippen LogP contribution in [-0.4, -0.2) is 65.4 Å². The highest BCUT2D eigenvalue weighted by Crippen LogP contribution is 2.17. The minimum Gasteiger partial charge on any atom is -0.348 e. The first-order valence-corrected chi connectivity index (χ1v) is 7.82. The van der Waals surface area contributed by atoms with Crippen molar-refractivity contribution in [2.45, 2.75) is 33.1 Å². The molecule has 124 valence electrons. The number of fused-ring (bicyclic) bond motifs is 1. The summed E-state index contributed by atoms with van der Waals surface area (Å²) in [6.45, 7) is 6.94. The van der Waals surface area contributed by atoms with E-state index in [1.165, 1.54) is 0 Å². The van der Waals surface area contributed by atoms with Gasteiger partial charge in [-0.25, -0.2) is 15.4 Å². The lowest BCUT2D eigenvalue weighted by Gasteiger charge is -2.23. The van der Waals surface area contributed by atoms with Crippen LogP contribution in [0.25, 0.3) is 0 Å². The van der Waals surface area contributed by atoms with Crippen LogP contribution in [0.1, 0.15) is 20.8 Å². The van der Waals surface area contributed by atoms with Crippen molar-refractivity contribution in [2.75, 3.05) is 20.6 Å². The second kappa shape index (κ2) is 6.13. The summed E-state index contributed by atoms with van der Waals surface area (Å²) < 4.78 is 0. The predicted molar refractivity (Wildman–Crippen MR) is 92.6 cm³/mol. The first-order chi connectivity index (χ1) is 11.0. The van der Waals surface area contributed by atoms with Gasteiger partial charge in [0.25, 0.3) is 0 Å². The number of aliphatic imine (C=N–C) groups is 3. The summed E-state index contributed by atoms with van der Waals surface area (Å²) in [5.41, 5.74) is 8.61. The molecule has 2 atom stereocenters. The minimum absolute atomic E-state index is 0.0246. The molecule has 0 saturated carbocycles. The summed E-state index contributed by atoms with van der Waals surface area (Å²) in [6.07, 6.45) is 5.83. The Morgan fingerprint density at radius 1 is 1.26 bits per heavy atom. The van der Waals surface area contributed by atoms with Crippen molar-refractivity contribution in [2.24, 2.45) is 15.0 Å². The molecule has 3 aliphatic heterocycles. The quantitative estimate of drug-likeness (QED) is 0.742. The lowest BCUT2D eigenvalue weighted by molar-refractivity contribution is 0.228. The molecule has 23 heavy (non-hydrogen) atoms. The third kappa shape index (κ3) is 2.99. The van der Waals surface area contributed by atoms with Crippen LogP contribution in [-0.2, 0) is 0 Å². The molecule has 0 aliphatic carbocycles. The maximum Gasteiger partial charge on any atom is 0.210 e. The Hall–Kier alpha value is -2.19. The van der Waals surface area contributed by atoms with E-state index in [4.69, 9.17) is 0 Å². The van der Waals surface area contributed by atoms with Crippen LogP contribution in [0.15, 0.2) is 39.0 Å². The van der Waals surface area contributed by atoms with Gasteiger partial charge in [0, 0.05) is 26.8 Å². The zero-order chi connectivity index (χ0) is 16.6. The van der Waals surface area contributed by atoms with Gasteiger partial charge in [-0.2, -0.15) is 5.01 Å². The molecule has 8 heteroatoms. The Balaban J connectivity index is 1.72. The highest BCUT2D eigenvalue weighted by Gasteiger charge is 2.29. The van der Waals surface area contributed by atoms with Gasteiger partial charge in [-0.15, -0.1) is 0 Å². The molecule has 0 aromatic heterocycles. The first kappa shape index (κ1) is 15.7. The van der Waals surface area contributed by atoms with Crippen LogP contribution >= 0.6 is 0 Å². The fourth-order valence-electron chi connectivity index (χ4n) is 2.58. The van der Waals surface area contributed by atoms with Gasteiger partial charge in [-0.1, -0.05) is 6.92 Å². The van der Waals surface area contributed by atoms with Gasteiger partial charge in [-0.05, 0) is 26.0 Å². The third-order valence-electron chi connectivity index (χ3n) is 3.90. The summed E-state index contributed by atoms with van der Waals surface area (Å²) >= 11 is 0. The monoisotopic (exact) mass is 316 g/mol. The molecule has 2 N–H and O–H groups in total. The van der Waals surface area contributed by atoms with Gasteiger partial charge in [-0.3, -0.25) is 15.4 Å². The molecule has 3 aliphatic rings. The van der Waals surface area contributed by atoms with E-state index in [0.29, 0.717) is 0 Å². The van der Waals surface area contributed by atoms with Crippen LogP contribution in [0.3, 0.4) is 0 Å². The van der Waals surface area contributed by atoms with Gasteiger partial charge < -0.3 is 4.90 Å². The third-order valence-corrected chi connectivity index (χ3v) is 3.90. The Labute approximate surface area is 136 Å². The molecule has 8 nitrogen and oxygen atoms in total. The molecule has 0 spiro atoms. The van der Waals surface area contributed by atoms with Gasteiger partial charge in [0.05, 0.1) is 11.4 Å². The molecule has 0 saturated heterocycles. The van der Waals surface area contributed by atoms with E-state index in [2.05, 4.69) is 43.8 Å². The molecule has 0 aromatic carbocycles. The highest BCUT2D eigenvalue weighted by molar-refractivity contribution is 6.41. The largest absolute Gasteiger partial charge is 0.348 e. The van der Waals surface area contributed by atoms with Crippen molar-refractivity contribution in [3.05, 3.63) is 24.0 Å². The lowest BCUT2D eigenvalue weighted by Crippen LogP contribution is -2.44. The number of allylic oxidation sites excluding steroid dienone is 1. The molecule has 3 rings (SSSR count). The standard InChI is InChI=1S/C15H24N8/c1-6-22-13(18-15(20-22)21(4)5)8-7-12-17-14-11(3)16-9-10(2)23(14)19-12/h7-9,12-13,19H,6H2,1-5H3,(H,18,20)/b8-7+. The maximum absolute atomic E-state index is 4.68. The number of hydrazine groups is 2. The Morgan fingerprint density at radius 3 is 2.70 bits per heavy atom. The van der Waals surface area contributed by atoms with Crippen LogP contribution in [0.2, 0.25) is 0 Å². The topological polar surface area (TPSA) is 70.9 Å². The number of guanidine groups is 1. The van der Waals surface area contributed by atoms with Crippen LogP contribution in [0.4, 0.5) is 0 Å². The minimum atomic E-state index is -0.103. The fourth-order valence-corrected chi connectivity index (χ4v) is 2.58. The van der Waals surface area contributed by atoms with Gasteiger partial charge >= 0.3 is 0 Å². The summed E-state index contributed by atoms with van der Waals surface area (Å²) in [6, 6.07) is 0. The molecule has 3 heterocycles. The number of rotatable bonds is 3. The number of nitrogens with one attached hydrogen (secondary N) is 2. The Morgan fingerprint density at radius 2 is 2.04 bits per heavy atom. The van der Waals surface area contributed by atoms with E-state index in [-0.39, 0.29) is 12.3 Å². The molecule has 2 unspecified atom stereocenters. The van der Waals surface area contributed by atoms with Crippen LogP contribution in [0, 0.1) is 0 Å². The first-order valence-electron chi connectivity index (χ1n) is 7.82. The van der Waals surface area contributed by atoms with E-state index >= 15 is 0 Å². The van der Waals surface area contributed by atoms with Crippen molar-refractivity contribution >= 4 is 17.5 Å². The van der Waals surface area contributed by atoms with Gasteiger partial charge in [0.1, 0.15) is 12.3 Å². The Kier molecular flexibility index (Phi) is 4.18. The second-order valence-electron chi connectivity index (χ2n) is 5.89. The van der Waals surface area contributed by atoms with Crippen molar-refractivity contribution in [1.29, 1.82) is 0 Å². The summed E-state index contributed by atoms with van der Waals surface area (Å²) in [5.74, 6) is 1.75. The molecule has 0 fully saturated rings. The normalized spacial score (nSPS) is 27.4. The molecular weight excluding hydrogens is 292 g/mol. The van der Waals surface area contributed by atoms with Gasteiger partial charge in [0.15, 0.2) is 5.84 Å². The van der Waals surface area contributed by atoms with Crippen LogP contribution in [0.5, 0.6) is 0 Å². The van der Waals surface area contributed by atoms with E-state index < -0.39 is 0 Å². The second-order valence-corrected chi connectivity index (χ2v) is 5.89. The highest BCUT2D eigenvalue weighted by atomic mass is 15.6. The lowest BCUT2D eigenvalue weighted by atomic mass is 10.3. The number of amidine groups is 1.